The Bertz CT molecular complexity index is 1530. The fourth-order valence-electron chi connectivity index (χ4n) is 8.35. The molecule has 0 spiro atoms. The fourth-order valence-corrected chi connectivity index (χ4v) is 8.35. The zero-order valence-electron chi connectivity index (χ0n) is 32.8. The maximum absolute atomic E-state index is 13.6. The van der Waals surface area contributed by atoms with Crippen LogP contribution in [0, 0.1) is 30.1 Å². The van der Waals surface area contributed by atoms with Gasteiger partial charge in [-0.1, -0.05) is 26.8 Å². The Morgan fingerprint density at radius 2 is 1.65 bits per heavy atom. The third-order valence-corrected chi connectivity index (χ3v) is 11.4. The first-order chi connectivity index (χ1) is 23.5. The quantitative estimate of drug-likeness (QED) is 0.207. The van der Waals surface area contributed by atoms with Gasteiger partial charge in [-0.3, -0.25) is 9.59 Å². The summed E-state index contributed by atoms with van der Waals surface area (Å²) in [6.07, 6.45) is 2.69. The number of carbonyl (C=O) groups excluding carboxylic acids is 4. The third-order valence-electron chi connectivity index (χ3n) is 11.4. The molecule has 11 nitrogen and oxygen atoms in total. The Morgan fingerprint density at radius 3 is 2.25 bits per heavy atom. The van der Waals surface area contributed by atoms with Crippen molar-refractivity contribution in [3.8, 4) is 5.75 Å². The van der Waals surface area contributed by atoms with Gasteiger partial charge in [-0.2, -0.15) is 0 Å². The molecule has 1 N–H and O–H groups in total. The second kappa shape index (κ2) is 14.0. The number of Topliss-reactive ketones (excluding diaryl/α,β-unsaturated/α-hetero) is 1. The zero-order chi connectivity index (χ0) is 37.8. The molecule has 5 fully saturated rings. The molecule has 3 saturated carbocycles. The van der Waals surface area contributed by atoms with Crippen LogP contribution < -0.4 is 10.1 Å². The van der Waals surface area contributed by atoms with Gasteiger partial charge < -0.3 is 33.7 Å². The first-order valence-electron chi connectivity index (χ1n) is 18.6. The average molecular weight is 711 g/mol. The van der Waals surface area contributed by atoms with Gasteiger partial charge in [-0.05, 0) is 122 Å². The lowest BCUT2D eigenvalue weighted by Crippen LogP contribution is -2.65. The number of hydrogen-bond acceptors (Lipinski definition) is 9. The lowest BCUT2D eigenvalue weighted by atomic mass is 9.43. The standard InChI is InChI=1S/C39H59BN2O9/c1-22(17-28(43)24(3)41-35(46)49-37(7,8)9)33(44)42-20-27(21-42)47-29-14-13-25(23(2)32(29)34(45)48-36(4,5)6)15-16-40-50-31-19-26-18-30(38(26,10)11)39(31,12)51-40/h13-14,22,24,26-27,30-31H,15-21H2,1-12H3,(H,41,46)/t22-,24+,26+,30+,31-,39+/m1/s1. The number of ketones is 1. The second-order valence-electron chi connectivity index (χ2n) is 18.1. The highest BCUT2D eigenvalue weighted by Crippen LogP contribution is 2.65. The van der Waals surface area contributed by atoms with Crippen molar-refractivity contribution in [3.05, 3.63) is 28.8 Å². The van der Waals surface area contributed by atoms with Crippen molar-refractivity contribution in [2.75, 3.05) is 13.1 Å². The van der Waals surface area contributed by atoms with Gasteiger partial charge in [0.1, 0.15) is 28.6 Å². The van der Waals surface area contributed by atoms with Gasteiger partial charge in [0.05, 0.1) is 30.8 Å². The summed E-state index contributed by atoms with van der Waals surface area (Å²) in [6, 6.07) is 3.02. The Hall–Kier alpha value is -3.12. The average Bonchev–Trinajstić information content (AvgIpc) is 3.31. The van der Waals surface area contributed by atoms with Crippen molar-refractivity contribution >= 4 is 30.9 Å². The minimum Gasteiger partial charge on any atom is -0.486 e. The van der Waals surface area contributed by atoms with Crippen LogP contribution >= 0.6 is 0 Å². The number of rotatable bonds is 11. The summed E-state index contributed by atoms with van der Waals surface area (Å²) in [7, 11) is -0.295. The van der Waals surface area contributed by atoms with E-state index in [1.165, 1.54) is 6.42 Å². The Morgan fingerprint density at radius 1 is 1.00 bits per heavy atom. The summed E-state index contributed by atoms with van der Waals surface area (Å²) >= 11 is 0. The van der Waals surface area contributed by atoms with Crippen molar-refractivity contribution in [2.24, 2.45) is 23.2 Å². The first-order valence-corrected chi connectivity index (χ1v) is 18.6. The Balaban J connectivity index is 1.18. The molecule has 5 aliphatic rings. The van der Waals surface area contributed by atoms with Crippen LogP contribution in [0.5, 0.6) is 5.75 Å². The number of nitrogens with one attached hydrogen (secondary N) is 1. The second-order valence-corrected chi connectivity index (χ2v) is 18.1. The monoisotopic (exact) mass is 710 g/mol. The topological polar surface area (TPSA) is 130 Å². The van der Waals surface area contributed by atoms with E-state index in [0.29, 0.717) is 49.0 Å². The number of aryl methyl sites for hydroxylation is 1. The van der Waals surface area contributed by atoms with Crippen molar-refractivity contribution in [3.63, 3.8) is 0 Å². The van der Waals surface area contributed by atoms with Gasteiger partial charge in [-0.15, -0.1) is 0 Å². The third kappa shape index (κ3) is 8.42. The van der Waals surface area contributed by atoms with E-state index >= 15 is 0 Å². The molecule has 2 heterocycles. The predicted octanol–water partition coefficient (Wildman–Crippen LogP) is 6.32. The molecule has 0 aromatic heterocycles. The number of nitrogens with zero attached hydrogens (tertiary/aromatic N) is 1. The highest BCUT2D eigenvalue weighted by atomic mass is 16.7. The van der Waals surface area contributed by atoms with Crippen LogP contribution in [0.2, 0.25) is 6.32 Å². The van der Waals surface area contributed by atoms with Gasteiger partial charge in [0.2, 0.25) is 5.91 Å². The van der Waals surface area contributed by atoms with Crippen molar-refractivity contribution in [2.45, 2.75) is 150 Å². The molecule has 2 saturated heterocycles. The van der Waals surface area contributed by atoms with E-state index in [9.17, 15) is 19.2 Å². The van der Waals surface area contributed by atoms with Gasteiger partial charge >= 0.3 is 19.2 Å². The number of benzene rings is 1. The van der Waals surface area contributed by atoms with Crippen LogP contribution in [0.25, 0.3) is 0 Å². The first kappa shape index (κ1) is 39.1. The van der Waals surface area contributed by atoms with Crippen LogP contribution in [0.4, 0.5) is 4.79 Å². The SMILES string of the molecule is Cc1c(CCB2O[C@@H]3C[C@@H]4C[C@@H](C4(C)C)[C@]3(C)O2)ccc(OC2CN(C(=O)[C@H](C)CC(=O)[C@H](C)NC(=O)OC(C)(C)C)C2)c1C(=O)OC(C)(C)C. The molecular formula is C39H59BN2O9. The minimum absolute atomic E-state index is 0.0167. The lowest BCUT2D eigenvalue weighted by Gasteiger charge is -2.64. The van der Waals surface area contributed by atoms with Crippen LogP contribution in [-0.4, -0.2) is 83.9 Å². The largest absolute Gasteiger partial charge is 0.486 e. The molecule has 6 rings (SSSR count). The summed E-state index contributed by atoms with van der Waals surface area (Å²) in [5.74, 6) is 0.143. The molecule has 2 bridgehead atoms. The highest BCUT2D eigenvalue weighted by molar-refractivity contribution is 6.45. The maximum Gasteiger partial charge on any atom is 0.457 e. The molecule has 6 atom stereocenters. The smallest absolute Gasteiger partial charge is 0.457 e. The maximum atomic E-state index is 13.6. The van der Waals surface area contributed by atoms with Crippen LogP contribution in [0.1, 0.15) is 117 Å². The van der Waals surface area contributed by atoms with E-state index in [2.05, 4.69) is 26.1 Å². The molecule has 51 heavy (non-hydrogen) atoms. The summed E-state index contributed by atoms with van der Waals surface area (Å²) in [5, 5.41) is 2.54. The van der Waals surface area contributed by atoms with E-state index in [1.807, 2.05) is 39.8 Å². The van der Waals surface area contributed by atoms with Crippen LogP contribution in [0.3, 0.4) is 0 Å². The molecule has 282 valence electrons. The minimum atomic E-state index is -0.788. The molecule has 0 unspecified atom stereocenters. The van der Waals surface area contributed by atoms with Crippen molar-refractivity contribution in [1.29, 1.82) is 0 Å². The molecule has 12 heteroatoms. The summed E-state index contributed by atoms with van der Waals surface area (Å²) in [4.78, 5) is 53.2. The van der Waals surface area contributed by atoms with Crippen LogP contribution in [-0.2, 0) is 34.8 Å². The van der Waals surface area contributed by atoms with Gasteiger partial charge in [0, 0.05) is 12.3 Å². The fraction of sp³-hybridized carbons (Fsp3) is 0.744. The van der Waals surface area contributed by atoms with Crippen LogP contribution in [0.15, 0.2) is 12.1 Å². The van der Waals surface area contributed by atoms with Gasteiger partial charge in [-0.25, -0.2) is 9.59 Å². The number of carbonyl (C=O) groups is 4. The normalized spacial score (nSPS) is 26.6. The van der Waals surface area contributed by atoms with Crippen molar-refractivity contribution in [1.82, 2.24) is 10.2 Å². The van der Waals surface area contributed by atoms with E-state index in [1.54, 1.807) is 39.5 Å². The lowest BCUT2D eigenvalue weighted by molar-refractivity contribution is -0.199. The molecule has 3 aliphatic carbocycles. The molecular weight excluding hydrogens is 651 g/mol. The van der Waals surface area contributed by atoms with Gasteiger partial charge in [0.15, 0.2) is 5.78 Å². The molecule has 0 radical (unpaired) electrons. The zero-order valence-corrected chi connectivity index (χ0v) is 32.8. The number of ether oxygens (including phenoxy) is 3. The number of likely N-dealkylation sites (tertiary alicyclic amines) is 1. The number of esters is 1. The highest BCUT2D eigenvalue weighted by Gasteiger charge is 2.67. The van der Waals surface area contributed by atoms with Gasteiger partial charge in [0.25, 0.3) is 0 Å². The van der Waals surface area contributed by atoms with E-state index in [-0.39, 0.29) is 48.5 Å². The van der Waals surface area contributed by atoms with E-state index in [0.717, 1.165) is 17.5 Å². The number of alkyl carbamates (subject to hydrolysis) is 1. The van der Waals surface area contributed by atoms with E-state index < -0.39 is 35.2 Å². The van der Waals surface area contributed by atoms with E-state index in [4.69, 9.17) is 23.5 Å². The Labute approximate surface area is 304 Å². The van der Waals surface area contributed by atoms with Crippen molar-refractivity contribution < 1.29 is 42.7 Å². The molecule has 2 amide bonds. The summed E-state index contributed by atoms with van der Waals surface area (Å²) in [6.45, 7) is 23.5. The predicted molar refractivity (Wildman–Crippen MR) is 194 cm³/mol. The summed E-state index contributed by atoms with van der Waals surface area (Å²) < 4.78 is 30.5. The number of amides is 2. The summed E-state index contributed by atoms with van der Waals surface area (Å²) in [5.41, 5.74) is 0.807. The number of hydrogen-bond donors (Lipinski definition) is 1. The molecule has 2 aliphatic heterocycles. The molecule has 1 aromatic carbocycles. The Kier molecular flexibility index (Phi) is 10.8. The molecule has 1 aromatic rings.